The number of carbonyl (C=O) groups is 1. The Morgan fingerprint density at radius 1 is 1.53 bits per heavy atom. The highest BCUT2D eigenvalue weighted by molar-refractivity contribution is 5.83. The quantitative estimate of drug-likeness (QED) is 0.345. The average Bonchev–Trinajstić information content (AvgIpc) is 2.32. The summed E-state index contributed by atoms with van der Waals surface area (Å²) < 4.78 is 4.99. The molecule has 0 saturated heterocycles. The second kappa shape index (κ2) is 5.66. The van der Waals surface area contributed by atoms with E-state index in [-0.39, 0.29) is 0 Å². The molecule has 0 amide bonds. The molecule has 0 spiro atoms. The first kappa shape index (κ1) is 12.7. The van der Waals surface area contributed by atoms with Crippen molar-refractivity contribution in [2.45, 2.75) is 13.8 Å². The Hall–Kier alpha value is -2.34. The molecule has 1 rings (SSSR count). The van der Waals surface area contributed by atoms with Gasteiger partial charge >= 0.3 is 5.97 Å². The van der Waals surface area contributed by atoms with Crippen LogP contribution in [0.15, 0.2) is 36.4 Å². The molecule has 0 N–H and O–H groups in total. The molecule has 3 heteroatoms. The van der Waals surface area contributed by atoms with Gasteiger partial charge in [0.1, 0.15) is 5.75 Å². The lowest BCUT2D eigenvalue weighted by Gasteiger charge is -2.05. The summed E-state index contributed by atoms with van der Waals surface area (Å²) in [4.78, 5) is 11.0. The van der Waals surface area contributed by atoms with Gasteiger partial charge < -0.3 is 4.74 Å². The number of carbonyl (C=O) groups excluding carboxylic acids is 1. The van der Waals surface area contributed by atoms with Crippen LogP contribution < -0.4 is 4.74 Å². The number of benzene rings is 1. The van der Waals surface area contributed by atoms with Gasteiger partial charge in [0.25, 0.3) is 0 Å². The van der Waals surface area contributed by atoms with Crippen molar-refractivity contribution in [3.05, 3.63) is 47.6 Å². The summed E-state index contributed by atoms with van der Waals surface area (Å²) in [6.45, 7) is 6.96. The number of allylic oxidation sites excluding steroid dienone is 1. The Morgan fingerprint density at radius 2 is 2.24 bits per heavy atom. The standard InChI is InChI=1S/C14H13NO2/c1-4-14(16)17-13-6-5-12(11(3)8-13)7-10(2)9-15/h4-8H,1H2,2-3H3/b10-7-. The lowest BCUT2D eigenvalue weighted by atomic mass is 10.1. The summed E-state index contributed by atoms with van der Waals surface area (Å²) in [6.07, 6.45) is 2.90. The second-order valence-corrected chi connectivity index (χ2v) is 3.58. The molecule has 0 unspecified atom stereocenters. The number of rotatable bonds is 3. The lowest BCUT2D eigenvalue weighted by molar-refractivity contribution is -0.128. The molecule has 0 atom stereocenters. The zero-order valence-corrected chi connectivity index (χ0v) is 9.86. The van der Waals surface area contributed by atoms with Crippen molar-refractivity contribution in [3.63, 3.8) is 0 Å². The van der Waals surface area contributed by atoms with Gasteiger partial charge in [0.15, 0.2) is 0 Å². The van der Waals surface area contributed by atoms with E-state index in [0.717, 1.165) is 17.2 Å². The third-order valence-electron chi connectivity index (χ3n) is 2.17. The maximum Gasteiger partial charge on any atom is 0.335 e. The van der Waals surface area contributed by atoms with Crippen molar-refractivity contribution in [2.75, 3.05) is 0 Å². The van der Waals surface area contributed by atoms with Crippen molar-refractivity contribution in [1.29, 1.82) is 5.26 Å². The van der Waals surface area contributed by atoms with E-state index in [1.807, 2.05) is 13.0 Å². The van der Waals surface area contributed by atoms with E-state index in [4.69, 9.17) is 10.00 Å². The van der Waals surface area contributed by atoms with Gasteiger partial charge in [0.05, 0.1) is 6.07 Å². The van der Waals surface area contributed by atoms with Crippen LogP contribution in [0, 0.1) is 18.3 Å². The monoisotopic (exact) mass is 227 g/mol. The molecule has 0 saturated carbocycles. The Balaban J connectivity index is 2.99. The number of nitriles is 1. The maximum absolute atomic E-state index is 11.0. The van der Waals surface area contributed by atoms with Crippen LogP contribution in [0.2, 0.25) is 0 Å². The van der Waals surface area contributed by atoms with Gasteiger partial charge in [-0.25, -0.2) is 4.79 Å². The van der Waals surface area contributed by atoms with Gasteiger partial charge in [-0.3, -0.25) is 0 Å². The second-order valence-electron chi connectivity index (χ2n) is 3.58. The molecular weight excluding hydrogens is 214 g/mol. The fourth-order valence-corrected chi connectivity index (χ4v) is 1.30. The van der Waals surface area contributed by atoms with Crippen molar-refractivity contribution in [3.8, 4) is 11.8 Å². The Labute approximate surface area is 101 Å². The first-order chi connectivity index (χ1) is 8.06. The molecule has 0 aliphatic carbocycles. The van der Waals surface area contributed by atoms with E-state index in [9.17, 15) is 4.79 Å². The molecule has 3 nitrogen and oxygen atoms in total. The molecule has 0 radical (unpaired) electrons. The van der Waals surface area contributed by atoms with Gasteiger partial charge in [0.2, 0.25) is 0 Å². The molecule has 0 bridgehead atoms. The summed E-state index contributed by atoms with van der Waals surface area (Å²) in [5.41, 5.74) is 2.50. The molecular formula is C14H13NO2. The topological polar surface area (TPSA) is 50.1 Å². The van der Waals surface area contributed by atoms with E-state index >= 15 is 0 Å². The predicted molar refractivity (Wildman–Crippen MR) is 66.3 cm³/mol. The normalized spacial score (nSPS) is 10.5. The van der Waals surface area contributed by atoms with Crippen LogP contribution in [0.1, 0.15) is 18.1 Å². The van der Waals surface area contributed by atoms with Gasteiger partial charge in [-0.1, -0.05) is 12.6 Å². The Kier molecular flexibility index (Phi) is 4.24. The first-order valence-electron chi connectivity index (χ1n) is 5.10. The first-order valence-corrected chi connectivity index (χ1v) is 5.10. The van der Waals surface area contributed by atoms with Crippen molar-refractivity contribution in [1.82, 2.24) is 0 Å². The molecule has 86 valence electrons. The number of nitrogens with zero attached hydrogens (tertiary/aromatic N) is 1. The van der Waals surface area contributed by atoms with Crippen LogP contribution in [0.3, 0.4) is 0 Å². The van der Waals surface area contributed by atoms with Gasteiger partial charge in [0, 0.05) is 11.6 Å². The minimum Gasteiger partial charge on any atom is -0.423 e. The number of hydrogen-bond donors (Lipinski definition) is 0. The largest absolute Gasteiger partial charge is 0.423 e. The van der Waals surface area contributed by atoms with Crippen LogP contribution in [0.5, 0.6) is 5.75 Å². The van der Waals surface area contributed by atoms with E-state index in [1.54, 1.807) is 25.1 Å². The lowest BCUT2D eigenvalue weighted by Crippen LogP contribution is -2.03. The highest BCUT2D eigenvalue weighted by atomic mass is 16.5. The molecule has 1 aromatic carbocycles. The summed E-state index contributed by atoms with van der Waals surface area (Å²) in [6, 6.07) is 7.30. The minimum atomic E-state index is -0.485. The van der Waals surface area contributed by atoms with Crippen LogP contribution >= 0.6 is 0 Å². The van der Waals surface area contributed by atoms with Crippen LogP contribution in [-0.4, -0.2) is 5.97 Å². The zero-order valence-electron chi connectivity index (χ0n) is 9.86. The third kappa shape index (κ3) is 3.62. The summed E-state index contributed by atoms with van der Waals surface area (Å²) >= 11 is 0. The molecule has 0 aliphatic heterocycles. The number of aryl methyl sites for hydroxylation is 1. The number of ether oxygens (including phenoxy) is 1. The molecule has 1 aromatic rings. The molecule has 17 heavy (non-hydrogen) atoms. The van der Waals surface area contributed by atoms with Gasteiger partial charge in [-0.05, 0) is 43.2 Å². The Morgan fingerprint density at radius 3 is 2.76 bits per heavy atom. The fraction of sp³-hybridized carbons (Fsp3) is 0.143. The average molecular weight is 227 g/mol. The van der Waals surface area contributed by atoms with Crippen LogP contribution in [0.25, 0.3) is 6.08 Å². The van der Waals surface area contributed by atoms with Crippen LogP contribution in [0.4, 0.5) is 0 Å². The third-order valence-corrected chi connectivity index (χ3v) is 2.17. The van der Waals surface area contributed by atoms with Crippen molar-refractivity contribution in [2.24, 2.45) is 0 Å². The molecule has 0 aromatic heterocycles. The minimum absolute atomic E-state index is 0.471. The Bertz CT molecular complexity index is 522. The van der Waals surface area contributed by atoms with E-state index in [0.29, 0.717) is 11.3 Å². The molecule has 0 fully saturated rings. The van der Waals surface area contributed by atoms with Crippen molar-refractivity contribution < 1.29 is 9.53 Å². The smallest absolute Gasteiger partial charge is 0.335 e. The van der Waals surface area contributed by atoms with Gasteiger partial charge in [-0.2, -0.15) is 5.26 Å². The molecule has 0 aliphatic rings. The summed E-state index contributed by atoms with van der Waals surface area (Å²) in [5.74, 6) is -0.0138. The highest BCUT2D eigenvalue weighted by Gasteiger charge is 2.02. The predicted octanol–water partition coefficient (Wildman–Crippen LogP) is 3.01. The SMILES string of the molecule is C=CC(=O)Oc1ccc(/C=C(/C)C#N)c(C)c1. The number of esters is 1. The maximum atomic E-state index is 11.0. The van der Waals surface area contributed by atoms with E-state index < -0.39 is 5.97 Å². The fourth-order valence-electron chi connectivity index (χ4n) is 1.30. The van der Waals surface area contributed by atoms with E-state index in [1.165, 1.54) is 0 Å². The van der Waals surface area contributed by atoms with Crippen molar-refractivity contribution >= 4 is 12.0 Å². The summed E-state index contributed by atoms with van der Waals surface area (Å²) in [7, 11) is 0. The summed E-state index contributed by atoms with van der Waals surface area (Å²) in [5, 5.41) is 8.69. The van der Waals surface area contributed by atoms with Crippen LogP contribution in [-0.2, 0) is 4.79 Å². The van der Waals surface area contributed by atoms with Gasteiger partial charge in [-0.15, -0.1) is 0 Å². The van der Waals surface area contributed by atoms with E-state index in [2.05, 4.69) is 12.6 Å². The number of hydrogen-bond acceptors (Lipinski definition) is 3. The zero-order chi connectivity index (χ0) is 12.8. The highest BCUT2D eigenvalue weighted by Crippen LogP contribution is 2.19. The molecule has 0 heterocycles.